The summed E-state index contributed by atoms with van der Waals surface area (Å²) in [5, 5.41) is 0. The van der Waals surface area contributed by atoms with Crippen LogP contribution in [-0.2, 0) is 6.42 Å². The molecule has 0 fully saturated rings. The monoisotopic (exact) mass is 183 g/mol. The van der Waals surface area contributed by atoms with Gasteiger partial charge in [-0.2, -0.15) is 0 Å². The summed E-state index contributed by atoms with van der Waals surface area (Å²) in [6, 6.07) is 7.96. The predicted molar refractivity (Wildman–Crippen MR) is 65.0 cm³/mol. The van der Waals surface area contributed by atoms with Crippen molar-refractivity contribution in [3.63, 3.8) is 0 Å². The summed E-state index contributed by atoms with van der Waals surface area (Å²) in [5.41, 5.74) is 7.66. The molecule has 1 rings (SSSR count). The topological polar surface area (TPSA) is 26.0 Å². The average molecular weight is 183 g/mol. The van der Waals surface area contributed by atoms with E-state index in [0.29, 0.717) is 0 Å². The fourth-order valence-corrected chi connectivity index (χ4v) is 0.753. The van der Waals surface area contributed by atoms with Crippen LogP contribution in [0.2, 0.25) is 0 Å². The third-order valence-corrected chi connectivity index (χ3v) is 1.39. The molecule has 2 N–H and O–H groups in total. The normalized spacial score (nSPS) is 7.46. The van der Waals surface area contributed by atoms with Crippen LogP contribution in [0.15, 0.2) is 24.3 Å². The van der Waals surface area contributed by atoms with Gasteiger partial charge in [0.2, 0.25) is 0 Å². The molecule has 0 aliphatic heterocycles. The van der Waals surface area contributed by atoms with E-state index in [0.717, 1.165) is 12.1 Å². The maximum atomic E-state index is 5.48. The van der Waals surface area contributed by atoms with Crippen molar-refractivity contribution >= 4 is 5.69 Å². The number of nitrogen functional groups attached to an aromatic ring is 1. The van der Waals surface area contributed by atoms with Crippen LogP contribution in [0.3, 0.4) is 0 Å². The van der Waals surface area contributed by atoms with E-state index in [-0.39, 0.29) is 1.43 Å². The third-order valence-electron chi connectivity index (χ3n) is 1.39. The van der Waals surface area contributed by atoms with Crippen LogP contribution in [0.1, 0.15) is 41.6 Å². The van der Waals surface area contributed by atoms with E-state index in [1.807, 2.05) is 39.8 Å². The second-order valence-corrected chi connectivity index (χ2v) is 2.10. The molecule has 0 saturated heterocycles. The highest BCUT2D eigenvalue weighted by Gasteiger charge is 1.85. The Kier molecular flexibility index (Phi) is 12.3. The van der Waals surface area contributed by atoms with Crippen LogP contribution in [0.25, 0.3) is 0 Å². The number of rotatable bonds is 1. The molecular formula is C12H25N. The maximum absolute atomic E-state index is 5.48. The predicted octanol–water partition coefficient (Wildman–Crippen LogP) is 4.13. The van der Waals surface area contributed by atoms with Crippen molar-refractivity contribution < 1.29 is 1.43 Å². The highest BCUT2D eigenvalue weighted by Crippen LogP contribution is 2.04. The zero-order chi connectivity index (χ0) is 10.7. The molecule has 0 atom stereocenters. The first kappa shape index (κ1) is 14.5. The summed E-state index contributed by atoms with van der Waals surface area (Å²) < 4.78 is 0. The molecule has 0 saturated carbocycles. The van der Waals surface area contributed by atoms with E-state index in [4.69, 9.17) is 5.73 Å². The van der Waals surface area contributed by atoms with Gasteiger partial charge in [-0.15, -0.1) is 0 Å². The average Bonchev–Trinajstić information content (AvgIpc) is 2.25. The van der Waals surface area contributed by atoms with Gasteiger partial charge in [0, 0.05) is 7.11 Å². The lowest BCUT2D eigenvalue weighted by Gasteiger charge is -1.94. The molecule has 0 spiro atoms. The Morgan fingerprint density at radius 1 is 1.00 bits per heavy atom. The van der Waals surface area contributed by atoms with Crippen molar-refractivity contribution in [2.45, 2.75) is 41.0 Å². The first-order valence-corrected chi connectivity index (χ1v) is 5.17. The molecule has 1 heteroatoms. The number of benzene rings is 1. The van der Waals surface area contributed by atoms with Gasteiger partial charge in [-0.05, 0) is 24.1 Å². The minimum atomic E-state index is 0. The Morgan fingerprint density at radius 3 is 1.69 bits per heavy atom. The van der Waals surface area contributed by atoms with Gasteiger partial charge in [-0.3, -0.25) is 0 Å². The van der Waals surface area contributed by atoms with Gasteiger partial charge in [0.05, 0.1) is 0 Å². The van der Waals surface area contributed by atoms with E-state index in [1.165, 1.54) is 5.56 Å². The zero-order valence-corrected chi connectivity index (χ0v) is 9.59. The van der Waals surface area contributed by atoms with Crippen LogP contribution in [0.5, 0.6) is 0 Å². The summed E-state index contributed by atoms with van der Waals surface area (Å²) >= 11 is 0. The van der Waals surface area contributed by atoms with Crippen LogP contribution < -0.4 is 5.73 Å². The molecule has 0 bridgehead atoms. The second-order valence-electron chi connectivity index (χ2n) is 2.10. The lowest BCUT2D eigenvalue weighted by molar-refractivity contribution is 1.14. The first-order valence-electron chi connectivity index (χ1n) is 5.17. The van der Waals surface area contributed by atoms with Crippen LogP contribution in [0.4, 0.5) is 5.69 Å². The number of aryl methyl sites for hydroxylation is 1. The third kappa shape index (κ3) is 7.38. The summed E-state index contributed by atoms with van der Waals surface area (Å²) in [6.45, 7) is 10.1. The van der Waals surface area contributed by atoms with Crippen molar-refractivity contribution in [1.29, 1.82) is 0 Å². The highest BCUT2D eigenvalue weighted by atomic mass is 14.5. The van der Waals surface area contributed by atoms with Crippen molar-refractivity contribution in [3.05, 3.63) is 29.8 Å². The molecule has 13 heavy (non-hydrogen) atoms. The molecule has 0 radical (unpaired) electrons. The van der Waals surface area contributed by atoms with Crippen molar-refractivity contribution in [1.82, 2.24) is 0 Å². The molecule has 0 heterocycles. The number of hydrogen-bond acceptors (Lipinski definition) is 1. The SMILES string of the molecule is CC.CC.CCc1ccc(N)cc1.[HH]. The minimum absolute atomic E-state index is 0. The number of hydrogen-bond donors (Lipinski definition) is 1. The fourth-order valence-electron chi connectivity index (χ4n) is 0.753. The summed E-state index contributed by atoms with van der Waals surface area (Å²) in [5.74, 6) is 0. The molecule has 0 amide bonds. The molecule has 78 valence electrons. The van der Waals surface area contributed by atoms with Gasteiger partial charge < -0.3 is 5.73 Å². The number of anilines is 1. The molecule has 1 nitrogen and oxygen atoms in total. The fraction of sp³-hybridized carbons (Fsp3) is 0.500. The van der Waals surface area contributed by atoms with E-state index >= 15 is 0 Å². The largest absolute Gasteiger partial charge is 0.399 e. The van der Waals surface area contributed by atoms with Gasteiger partial charge in [0.1, 0.15) is 0 Å². The van der Waals surface area contributed by atoms with Gasteiger partial charge >= 0.3 is 0 Å². The van der Waals surface area contributed by atoms with E-state index < -0.39 is 0 Å². The number of nitrogens with two attached hydrogens (primary N) is 1. The Balaban J connectivity index is -0.000000216. The molecule has 0 aliphatic carbocycles. The molecule has 1 aromatic carbocycles. The molecule has 0 unspecified atom stereocenters. The summed E-state index contributed by atoms with van der Waals surface area (Å²) in [7, 11) is 0. The van der Waals surface area contributed by atoms with Gasteiger partial charge in [-0.1, -0.05) is 46.8 Å². The van der Waals surface area contributed by atoms with Crippen molar-refractivity contribution in [3.8, 4) is 0 Å². The van der Waals surface area contributed by atoms with Crippen molar-refractivity contribution in [2.75, 3.05) is 5.73 Å². The lowest BCUT2D eigenvalue weighted by Crippen LogP contribution is -1.84. The van der Waals surface area contributed by atoms with Gasteiger partial charge in [-0.25, -0.2) is 0 Å². The Labute approximate surface area is 84.5 Å². The zero-order valence-electron chi connectivity index (χ0n) is 9.59. The van der Waals surface area contributed by atoms with Crippen LogP contribution >= 0.6 is 0 Å². The first-order chi connectivity index (χ1) is 6.33. The minimum Gasteiger partial charge on any atom is -0.399 e. The molecule has 0 aliphatic rings. The lowest BCUT2D eigenvalue weighted by atomic mass is 10.2. The van der Waals surface area contributed by atoms with E-state index in [9.17, 15) is 0 Å². The Bertz CT molecular complexity index is 182. The van der Waals surface area contributed by atoms with Gasteiger partial charge in [0.25, 0.3) is 0 Å². The van der Waals surface area contributed by atoms with Crippen LogP contribution in [0, 0.1) is 0 Å². The molecule has 0 aromatic heterocycles. The Hall–Kier alpha value is -0.980. The van der Waals surface area contributed by atoms with Gasteiger partial charge in [0.15, 0.2) is 0 Å². The summed E-state index contributed by atoms with van der Waals surface area (Å²) in [6.07, 6.45) is 1.08. The highest BCUT2D eigenvalue weighted by molar-refractivity contribution is 5.39. The van der Waals surface area contributed by atoms with Crippen molar-refractivity contribution in [2.24, 2.45) is 0 Å². The maximum Gasteiger partial charge on any atom is 0.0314 e. The standard InChI is InChI=1S/C8H11N.2C2H6.H2/c1-2-7-3-5-8(9)6-4-7;2*1-2;/h3-6H,2,9H2,1H3;2*1-2H3;1H. The molecule has 1 aromatic rings. The summed E-state index contributed by atoms with van der Waals surface area (Å²) in [4.78, 5) is 0. The van der Waals surface area contributed by atoms with Crippen LogP contribution in [-0.4, -0.2) is 0 Å². The van der Waals surface area contributed by atoms with E-state index in [1.54, 1.807) is 0 Å². The molecular weight excluding hydrogens is 158 g/mol. The Morgan fingerprint density at radius 2 is 1.38 bits per heavy atom. The van der Waals surface area contributed by atoms with E-state index in [2.05, 4.69) is 19.1 Å². The quantitative estimate of drug-likeness (QED) is 0.651. The smallest absolute Gasteiger partial charge is 0.0314 e. The second kappa shape index (κ2) is 11.0.